The molecule has 0 aliphatic rings. The lowest BCUT2D eigenvalue weighted by Gasteiger charge is -2.19. The van der Waals surface area contributed by atoms with Crippen LogP contribution in [0.4, 0.5) is 5.82 Å². The van der Waals surface area contributed by atoms with Gasteiger partial charge >= 0.3 is 0 Å². The molecule has 1 heterocycles. The van der Waals surface area contributed by atoms with E-state index < -0.39 is 0 Å². The molecule has 0 saturated heterocycles. The summed E-state index contributed by atoms with van der Waals surface area (Å²) in [6, 6.07) is 29.8. The highest BCUT2D eigenvalue weighted by molar-refractivity contribution is 7.98. The van der Waals surface area contributed by atoms with Crippen LogP contribution in [0.15, 0.2) is 96.2 Å². The minimum atomic E-state index is -0.0654. The fourth-order valence-corrected chi connectivity index (χ4v) is 4.59. The van der Waals surface area contributed by atoms with Crippen molar-refractivity contribution in [1.29, 1.82) is 0 Å². The molecule has 0 saturated carbocycles. The normalized spacial score (nSPS) is 10.7. The summed E-state index contributed by atoms with van der Waals surface area (Å²) in [5, 5.41) is 4.02. The first-order chi connectivity index (χ1) is 17.1. The largest absolute Gasteiger partial charge is 0.355 e. The summed E-state index contributed by atoms with van der Waals surface area (Å²) < 4.78 is 0. The van der Waals surface area contributed by atoms with Crippen LogP contribution in [-0.4, -0.2) is 29.5 Å². The Morgan fingerprint density at radius 3 is 2.23 bits per heavy atom. The summed E-state index contributed by atoms with van der Waals surface area (Å²) in [6.45, 7) is 1.33. The van der Waals surface area contributed by atoms with Gasteiger partial charge in [0.05, 0.1) is 0 Å². The topological polar surface area (TPSA) is 58.1 Å². The Morgan fingerprint density at radius 2 is 1.54 bits per heavy atom. The smallest absolute Gasteiger partial charge is 0.251 e. The molecule has 0 aliphatic heterocycles. The van der Waals surface area contributed by atoms with Crippen molar-refractivity contribution in [3.8, 4) is 0 Å². The van der Waals surface area contributed by atoms with E-state index in [-0.39, 0.29) is 5.91 Å². The van der Waals surface area contributed by atoms with E-state index in [9.17, 15) is 4.79 Å². The van der Waals surface area contributed by atoms with Crippen molar-refractivity contribution < 1.29 is 4.79 Å². The third-order valence-electron chi connectivity index (χ3n) is 5.44. The molecular formula is C28H27ClN4OS. The highest BCUT2D eigenvalue weighted by atomic mass is 35.5. The van der Waals surface area contributed by atoms with Crippen LogP contribution < -0.4 is 10.2 Å². The summed E-state index contributed by atoms with van der Waals surface area (Å²) in [6.07, 6.45) is 0.809. The lowest BCUT2D eigenvalue weighted by Crippen LogP contribution is -2.25. The summed E-state index contributed by atoms with van der Waals surface area (Å²) in [7, 11) is 1.99. The van der Waals surface area contributed by atoms with Crippen LogP contribution in [0.25, 0.3) is 0 Å². The molecule has 4 aromatic rings. The van der Waals surface area contributed by atoms with Gasteiger partial charge in [-0.3, -0.25) is 4.79 Å². The molecule has 0 unspecified atom stereocenters. The molecule has 1 aromatic heterocycles. The van der Waals surface area contributed by atoms with Crippen molar-refractivity contribution in [3.05, 3.63) is 118 Å². The van der Waals surface area contributed by atoms with Crippen molar-refractivity contribution in [2.75, 3.05) is 18.5 Å². The van der Waals surface area contributed by atoms with Crippen LogP contribution in [0.3, 0.4) is 0 Å². The maximum absolute atomic E-state index is 12.4. The number of carbonyl (C=O) groups is 1. The fraction of sp³-hybridized carbons (Fsp3) is 0.179. The van der Waals surface area contributed by atoms with Crippen LogP contribution in [0.1, 0.15) is 27.0 Å². The number of carbonyl (C=O) groups excluding carboxylic acids is 1. The van der Waals surface area contributed by atoms with Crippen LogP contribution in [0.2, 0.25) is 5.15 Å². The Labute approximate surface area is 215 Å². The molecule has 178 valence electrons. The van der Waals surface area contributed by atoms with Gasteiger partial charge in [-0.2, -0.15) is 0 Å². The number of hydrogen-bond donors (Lipinski definition) is 1. The predicted octanol–water partition coefficient (Wildman–Crippen LogP) is 6.03. The van der Waals surface area contributed by atoms with E-state index in [1.165, 1.54) is 22.9 Å². The third kappa shape index (κ3) is 7.57. The highest BCUT2D eigenvalue weighted by Crippen LogP contribution is 2.25. The van der Waals surface area contributed by atoms with Gasteiger partial charge in [-0.15, -0.1) is 0 Å². The zero-order chi connectivity index (χ0) is 24.5. The summed E-state index contributed by atoms with van der Waals surface area (Å²) in [5.41, 5.74) is 4.13. The van der Waals surface area contributed by atoms with E-state index in [2.05, 4.69) is 44.5 Å². The number of nitrogens with zero attached hydrogens (tertiary/aromatic N) is 3. The molecule has 0 bridgehead atoms. The molecule has 0 atom stereocenters. The lowest BCUT2D eigenvalue weighted by atomic mass is 10.1. The van der Waals surface area contributed by atoms with Crippen LogP contribution in [0, 0.1) is 0 Å². The Kier molecular flexibility index (Phi) is 8.76. The number of benzene rings is 3. The van der Waals surface area contributed by atoms with Crippen molar-refractivity contribution in [2.24, 2.45) is 0 Å². The van der Waals surface area contributed by atoms with Crippen LogP contribution in [0.5, 0.6) is 0 Å². The van der Waals surface area contributed by atoms with Gasteiger partial charge in [0.25, 0.3) is 5.91 Å². The number of amides is 1. The summed E-state index contributed by atoms with van der Waals surface area (Å²) in [4.78, 5) is 23.5. The summed E-state index contributed by atoms with van der Waals surface area (Å²) >= 11 is 7.80. The molecule has 3 aromatic carbocycles. The van der Waals surface area contributed by atoms with Crippen molar-refractivity contribution >= 4 is 35.1 Å². The van der Waals surface area contributed by atoms with Gasteiger partial charge in [0.2, 0.25) is 0 Å². The molecule has 5 nitrogen and oxygen atoms in total. The van der Waals surface area contributed by atoms with Gasteiger partial charge < -0.3 is 10.2 Å². The minimum Gasteiger partial charge on any atom is -0.355 e. The van der Waals surface area contributed by atoms with E-state index in [0.717, 1.165) is 24.3 Å². The van der Waals surface area contributed by atoms with Gasteiger partial charge in [-0.1, -0.05) is 96.2 Å². The Morgan fingerprint density at radius 1 is 0.886 bits per heavy atom. The number of hydrogen-bond acceptors (Lipinski definition) is 5. The molecular weight excluding hydrogens is 476 g/mol. The molecule has 4 rings (SSSR count). The Bertz CT molecular complexity index is 1240. The maximum Gasteiger partial charge on any atom is 0.251 e. The zero-order valence-corrected chi connectivity index (χ0v) is 21.1. The van der Waals surface area contributed by atoms with Crippen LogP contribution >= 0.6 is 23.4 Å². The van der Waals surface area contributed by atoms with Crippen molar-refractivity contribution in [2.45, 2.75) is 23.9 Å². The maximum atomic E-state index is 12.4. The first-order valence-electron chi connectivity index (χ1n) is 11.4. The first kappa shape index (κ1) is 24.8. The Balaban J connectivity index is 1.30. The minimum absolute atomic E-state index is 0.0654. The average molecular weight is 503 g/mol. The van der Waals surface area contributed by atoms with Gasteiger partial charge in [0.15, 0.2) is 5.16 Å². The molecule has 7 heteroatoms. The SMILES string of the molecule is CN(Cc1ccccc1)c1cc(Cl)nc(SCc2ccc(C(=O)NCCc3ccccc3)cc2)n1. The average Bonchev–Trinajstić information content (AvgIpc) is 2.88. The molecule has 1 amide bonds. The van der Waals surface area contributed by atoms with E-state index in [1.54, 1.807) is 6.07 Å². The highest BCUT2D eigenvalue weighted by Gasteiger charge is 2.10. The van der Waals surface area contributed by atoms with E-state index in [0.29, 0.717) is 28.2 Å². The number of aromatic nitrogens is 2. The molecule has 0 aliphatic carbocycles. The second kappa shape index (κ2) is 12.4. The quantitative estimate of drug-likeness (QED) is 0.163. The number of thioether (sulfide) groups is 1. The van der Waals surface area contributed by atoms with Crippen molar-refractivity contribution in [1.82, 2.24) is 15.3 Å². The molecule has 35 heavy (non-hydrogen) atoms. The molecule has 1 N–H and O–H groups in total. The number of anilines is 1. The molecule has 0 radical (unpaired) electrons. The third-order valence-corrected chi connectivity index (χ3v) is 6.55. The van der Waals surface area contributed by atoms with Crippen molar-refractivity contribution in [3.63, 3.8) is 0 Å². The summed E-state index contributed by atoms with van der Waals surface area (Å²) in [5.74, 6) is 1.39. The predicted molar refractivity (Wildman–Crippen MR) is 144 cm³/mol. The number of nitrogens with one attached hydrogen (secondary N) is 1. The van der Waals surface area contributed by atoms with Crippen LogP contribution in [-0.2, 0) is 18.7 Å². The van der Waals surface area contributed by atoms with Gasteiger partial charge in [0.1, 0.15) is 11.0 Å². The van der Waals surface area contributed by atoms with E-state index in [4.69, 9.17) is 11.6 Å². The number of halogens is 1. The first-order valence-corrected chi connectivity index (χ1v) is 12.8. The van der Waals surface area contributed by atoms with E-state index >= 15 is 0 Å². The Hall–Kier alpha value is -3.35. The zero-order valence-electron chi connectivity index (χ0n) is 19.5. The second-order valence-electron chi connectivity index (χ2n) is 8.15. The fourth-order valence-electron chi connectivity index (χ4n) is 3.55. The van der Waals surface area contributed by atoms with Gasteiger partial charge in [-0.05, 0) is 35.2 Å². The van der Waals surface area contributed by atoms with Gasteiger partial charge in [0, 0.05) is 37.5 Å². The monoisotopic (exact) mass is 502 g/mol. The number of rotatable bonds is 10. The lowest BCUT2D eigenvalue weighted by molar-refractivity contribution is 0.0954. The second-order valence-corrected chi connectivity index (χ2v) is 9.48. The molecule has 0 fully saturated rings. The molecule has 0 spiro atoms. The van der Waals surface area contributed by atoms with E-state index in [1.807, 2.05) is 67.7 Å². The standard InChI is InChI=1S/C28H27ClN4OS/c1-33(19-22-10-6-3-7-11-22)26-18-25(29)31-28(32-26)35-20-23-12-14-24(15-13-23)27(34)30-17-16-21-8-4-2-5-9-21/h2-15,18H,16-17,19-20H2,1H3,(H,30,34). The van der Waals surface area contributed by atoms with Gasteiger partial charge in [-0.25, -0.2) is 9.97 Å².